The fraction of sp³-hybridized carbons (Fsp3) is 0.571. The standard InChI is InChI=1S/C14H21N/c1-11-7-12(2)9-13(8-11)10-14(15)5-3-4-6-14/h7-9H,3-6,10,15H2,1-2H3. The Bertz CT molecular complexity index is 328. The highest BCUT2D eigenvalue weighted by atomic mass is 14.7. The third-order valence-electron chi connectivity index (χ3n) is 3.44. The summed E-state index contributed by atoms with van der Waals surface area (Å²) in [5.41, 5.74) is 10.6. The van der Waals surface area contributed by atoms with Gasteiger partial charge in [-0.3, -0.25) is 0 Å². The Balaban J connectivity index is 2.16. The summed E-state index contributed by atoms with van der Waals surface area (Å²) >= 11 is 0. The lowest BCUT2D eigenvalue weighted by Crippen LogP contribution is -2.38. The van der Waals surface area contributed by atoms with Crippen LogP contribution >= 0.6 is 0 Å². The molecule has 0 amide bonds. The van der Waals surface area contributed by atoms with E-state index in [0.29, 0.717) is 0 Å². The molecule has 0 aromatic heterocycles. The molecule has 0 spiro atoms. The monoisotopic (exact) mass is 203 g/mol. The van der Waals surface area contributed by atoms with Crippen LogP contribution in [-0.4, -0.2) is 5.54 Å². The molecule has 1 heteroatoms. The minimum absolute atomic E-state index is 0.0836. The first-order valence-corrected chi connectivity index (χ1v) is 5.93. The second-order valence-electron chi connectivity index (χ2n) is 5.24. The van der Waals surface area contributed by atoms with Crippen LogP contribution in [0.25, 0.3) is 0 Å². The second kappa shape index (κ2) is 3.97. The van der Waals surface area contributed by atoms with Gasteiger partial charge in [-0.25, -0.2) is 0 Å². The van der Waals surface area contributed by atoms with E-state index < -0.39 is 0 Å². The van der Waals surface area contributed by atoms with E-state index in [9.17, 15) is 0 Å². The Morgan fingerprint density at radius 2 is 1.60 bits per heavy atom. The summed E-state index contributed by atoms with van der Waals surface area (Å²) in [6.45, 7) is 4.32. The maximum atomic E-state index is 6.39. The van der Waals surface area contributed by atoms with Crippen molar-refractivity contribution >= 4 is 0 Å². The highest BCUT2D eigenvalue weighted by Gasteiger charge is 2.29. The molecule has 2 rings (SSSR count). The summed E-state index contributed by atoms with van der Waals surface area (Å²) in [5, 5.41) is 0. The molecule has 1 aromatic rings. The molecular formula is C14H21N. The van der Waals surface area contributed by atoms with E-state index in [4.69, 9.17) is 5.73 Å². The molecule has 1 aliphatic rings. The van der Waals surface area contributed by atoms with Crippen molar-refractivity contribution in [2.75, 3.05) is 0 Å². The molecule has 1 nitrogen and oxygen atoms in total. The zero-order valence-corrected chi connectivity index (χ0v) is 9.84. The molecule has 0 unspecified atom stereocenters. The molecule has 0 saturated heterocycles. The van der Waals surface area contributed by atoms with Crippen LogP contribution in [0.5, 0.6) is 0 Å². The molecule has 0 radical (unpaired) electrons. The number of nitrogens with two attached hydrogens (primary N) is 1. The highest BCUT2D eigenvalue weighted by Crippen LogP contribution is 2.30. The summed E-state index contributed by atoms with van der Waals surface area (Å²) in [5.74, 6) is 0. The average molecular weight is 203 g/mol. The van der Waals surface area contributed by atoms with Crippen LogP contribution in [0.15, 0.2) is 18.2 Å². The van der Waals surface area contributed by atoms with Gasteiger partial charge in [-0.05, 0) is 38.7 Å². The lowest BCUT2D eigenvalue weighted by atomic mass is 9.89. The molecule has 0 aliphatic heterocycles. The Morgan fingerprint density at radius 1 is 1.07 bits per heavy atom. The van der Waals surface area contributed by atoms with Gasteiger partial charge in [0.25, 0.3) is 0 Å². The van der Waals surface area contributed by atoms with Gasteiger partial charge in [0.2, 0.25) is 0 Å². The summed E-state index contributed by atoms with van der Waals surface area (Å²) in [6, 6.07) is 6.78. The van der Waals surface area contributed by atoms with E-state index in [1.165, 1.54) is 42.4 Å². The first-order valence-electron chi connectivity index (χ1n) is 5.93. The molecule has 1 aromatic carbocycles. The molecular weight excluding hydrogens is 182 g/mol. The molecule has 0 bridgehead atoms. The lowest BCUT2D eigenvalue weighted by molar-refractivity contribution is 0.436. The van der Waals surface area contributed by atoms with Crippen molar-refractivity contribution in [1.29, 1.82) is 0 Å². The van der Waals surface area contributed by atoms with Crippen molar-refractivity contribution in [2.24, 2.45) is 5.73 Å². The third-order valence-corrected chi connectivity index (χ3v) is 3.44. The van der Waals surface area contributed by atoms with Crippen LogP contribution in [0.2, 0.25) is 0 Å². The molecule has 2 N–H and O–H groups in total. The topological polar surface area (TPSA) is 26.0 Å². The second-order valence-corrected chi connectivity index (χ2v) is 5.24. The summed E-state index contributed by atoms with van der Waals surface area (Å²) in [7, 11) is 0. The Labute approximate surface area is 92.7 Å². The van der Waals surface area contributed by atoms with Crippen LogP contribution < -0.4 is 5.73 Å². The largest absolute Gasteiger partial charge is 0.325 e. The van der Waals surface area contributed by atoms with Gasteiger partial charge >= 0.3 is 0 Å². The van der Waals surface area contributed by atoms with E-state index >= 15 is 0 Å². The number of aryl methyl sites for hydroxylation is 2. The number of hydrogen-bond acceptors (Lipinski definition) is 1. The van der Waals surface area contributed by atoms with Gasteiger partial charge in [0.1, 0.15) is 0 Å². The molecule has 1 saturated carbocycles. The molecule has 0 atom stereocenters. The van der Waals surface area contributed by atoms with Crippen LogP contribution in [0.3, 0.4) is 0 Å². The Kier molecular flexibility index (Phi) is 2.83. The van der Waals surface area contributed by atoms with Crippen molar-refractivity contribution in [1.82, 2.24) is 0 Å². The quantitative estimate of drug-likeness (QED) is 0.785. The summed E-state index contributed by atoms with van der Waals surface area (Å²) in [4.78, 5) is 0. The van der Waals surface area contributed by atoms with E-state index in [1.54, 1.807) is 0 Å². The zero-order valence-electron chi connectivity index (χ0n) is 9.84. The molecule has 1 fully saturated rings. The van der Waals surface area contributed by atoms with Crippen molar-refractivity contribution in [2.45, 2.75) is 51.5 Å². The maximum Gasteiger partial charge on any atom is 0.0195 e. The van der Waals surface area contributed by atoms with E-state index in [-0.39, 0.29) is 5.54 Å². The van der Waals surface area contributed by atoms with Crippen LogP contribution in [-0.2, 0) is 6.42 Å². The summed E-state index contributed by atoms with van der Waals surface area (Å²) in [6.07, 6.45) is 6.05. The fourth-order valence-electron chi connectivity index (χ4n) is 2.83. The number of benzene rings is 1. The van der Waals surface area contributed by atoms with Crippen LogP contribution in [0, 0.1) is 13.8 Å². The van der Waals surface area contributed by atoms with E-state index in [0.717, 1.165) is 6.42 Å². The summed E-state index contributed by atoms with van der Waals surface area (Å²) < 4.78 is 0. The van der Waals surface area contributed by atoms with Crippen LogP contribution in [0.4, 0.5) is 0 Å². The predicted molar refractivity (Wildman–Crippen MR) is 65.0 cm³/mol. The molecule has 0 heterocycles. The first-order chi connectivity index (χ1) is 7.07. The Morgan fingerprint density at radius 3 is 2.13 bits per heavy atom. The SMILES string of the molecule is Cc1cc(C)cc(CC2(N)CCCC2)c1. The van der Waals surface area contributed by atoms with Crippen molar-refractivity contribution in [3.05, 3.63) is 34.9 Å². The molecule has 82 valence electrons. The maximum absolute atomic E-state index is 6.39. The predicted octanol–water partition coefficient (Wildman–Crippen LogP) is 3.12. The van der Waals surface area contributed by atoms with Gasteiger partial charge in [0.15, 0.2) is 0 Å². The average Bonchev–Trinajstić information content (AvgIpc) is 2.49. The minimum Gasteiger partial charge on any atom is -0.325 e. The van der Waals surface area contributed by atoms with Crippen molar-refractivity contribution in [3.63, 3.8) is 0 Å². The van der Waals surface area contributed by atoms with Gasteiger partial charge < -0.3 is 5.73 Å². The third kappa shape index (κ3) is 2.60. The number of hydrogen-bond donors (Lipinski definition) is 1. The highest BCUT2D eigenvalue weighted by molar-refractivity contribution is 5.30. The molecule has 15 heavy (non-hydrogen) atoms. The Hall–Kier alpha value is -0.820. The zero-order chi connectivity index (χ0) is 10.9. The smallest absolute Gasteiger partial charge is 0.0195 e. The normalized spacial score (nSPS) is 19.4. The van der Waals surface area contributed by atoms with Gasteiger partial charge in [-0.1, -0.05) is 42.2 Å². The molecule has 1 aliphatic carbocycles. The van der Waals surface area contributed by atoms with Gasteiger partial charge in [0.05, 0.1) is 0 Å². The lowest BCUT2D eigenvalue weighted by Gasteiger charge is -2.23. The van der Waals surface area contributed by atoms with E-state index in [2.05, 4.69) is 32.0 Å². The number of rotatable bonds is 2. The minimum atomic E-state index is 0.0836. The van der Waals surface area contributed by atoms with Crippen molar-refractivity contribution < 1.29 is 0 Å². The van der Waals surface area contributed by atoms with Gasteiger partial charge in [-0.15, -0.1) is 0 Å². The van der Waals surface area contributed by atoms with Gasteiger partial charge in [-0.2, -0.15) is 0 Å². The van der Waals surface area contributed by atoms with Gasteiger partial charge in [0, 0.05) is 5.54 Å². The van der Waals surface area contributed by atoms with E-state index in [1.807, 2.05) is 0 Å². The first kappa shape index (κ1) is 10.7. The van der Waals surface area contributed by atoms with Crippen LogP contribution in [0.1, 0.15) is 42.4 Å². The fourth-order valence-corrected chi connectivity index (χ4v) is 2.83. The van der Waals surface area contributed by atoms with Crippen molar-refractivity contribution in [3.8, 4) is 0 Å².